The van der Waals surface area contributed by atoms with Gasteiger partial charge in [-0.25, -0.2) is 0 Å². The van der Waals surface area contributed by atoms with Gasteiger partial charge < -0.3 is 20.2 Å². The zero-order chi connectivity index (χ0) is 19.2. The van der Waals surface area contributed by atoms with Crippen LogP contribution in [0.5, 0.6) is 0 Å². The second kappa shape index (κ2) is 9.70. The fourth-order valence-corrected chi connectivity index (χ4v) is 4.10. The third-order valence-corrected chi connectivity index (χ3v) is 5.72. The van der Waals surface area contributed by atoms with Crippen LogP contribution >= 0.6 is 0 Å². The highest BCUT2D eigenvalue weighted by atomic mass is 16.3. The van der Waals surface area contributed by atoms with Gasteiger partial charge in [0, 0.05) is 52.1 Å². The summed E-state index contributed by atoms with van der Waals surface area (Å²) in [6.45, 7) is 9.77. The van der Waals surface area contributed by atoms with Gasteiger partial charge in [-0.3, -0.25) is 9.59 Å². The minimum atomic E-state index is -0.700. The van der Waals surface area contributed by atoms with E-state index in [1.807, 2.05) is 4.90 Å². The number of carbonyl (C=O) groups is 2. The van der Waals surface area contributed by atoms with E-state index >= 15 is 0 Å². The minimum absolute atomic E-state index is 0.0353. The monoisotopic (exact) mass is 367 g/mol. The number of nitrogens with zero attached hydrogens (tertiary/aromatic N) is 2. The quantitative estimate of drug-likeness (QED) is 0.750. The molecule has 1 atom stereocenters. The Morgan fingerprint density at radius 1 is 1.15 bits per heavy atom. The first-order chi connectivity index (χ1) is 12.3. The summed E-state index contributed by atoms with van der Waals surface area (Å²) in [5.74, 6) is 0.815. The summed E-state index contributed by atoms with van der Waals surface area (Å²) in [5.41, 5.74) is -0.700. The molecule has 150 valence electrons. The fraction of sp³-hybridized carbons (Fsp3) is 0.900. The van der Waals surface area contributed by atoms with Gasteiger partial charge in [-0.2, -0.15) is 0 Å². The normalized spacial score (nSPS) is 26.0. The standard InChI is InChI=1S/C20H37N3O3/c1-16(2)5-6-19(25)23-11-4-9-20(26,10-14-23)15-22-12-7-18(8-13-22)21-17(3)24/h16,18,26H,4-15H2,1-3H3,(H,21,24)/t20-/m1/s1. The number of nitrogens with one attached hydrogen (secondary N) is 1. The molecule has 26 heavy (non-hydrogen) atoms. The van der Waals surface area contributed by atoms with Gasteiger partial charge in [0.25, 0.3) is 0 Å². The Bertz CT molecular complexity index is 475. The average Bonchev–Trinajstić information content (AvgIpc) is 2.76. The smallest absolute Gasteiger partial charge is 0.222 e. The zero-order valence-corrected chi connectivity index (χ0v) is 16.8. The van der Waals surface area contributed by atoms with Gasteiger partial charge in [-0.15, -0.1) is 0 Å². The van der Waals surface area contributed by atoms with Gasteiger partial charge in [0.1, 0.15) is 0 Å². The molecule has 2 saturated heterocycles. The van der Waals surface area contributed by atoms with Gasteiger partial charge in [0.15, 0.2) is 0 Å². The lowest BCUT2D eigenvalue weighted by Crippen LogP contribution is -2.50. The maximum atomic E-state index is 12.4. The second-order valence-corrected chi connectivity index (χ2v) is 8.64. The van der Waals surface area contributed by atoms with Crippen LogP contribution in [0.25, 0.3) is 0 Å². The first-order valence-corrected chi connectivity index (χ1v) is 10.3. The highest BCUT2D eigenvalue weighted by Crippen LogP contribution is 2.25. The Morgan fingerprint density at radius 2 is 1.85 bits per heavy atom. The van der Waals surface area contributed by atoms with Crippen LogP contribution in [0.1, 0.15) is 65.7 Å². The number of rotatable bonds is 6. The summed E-state index contributed by atoms with van der Waals surface area (Å²) in [6, 6.07) is 0.265. The first kappa shape index (κ1) is 21.2. The molecule has 0 saturated carbocycles. The van der Waals surface area contributed by atoms with E-state index in [1.54, 1.807) is 6.92 Å². The maximum absolute atomic E-state index is 12.4. The van der Waals surface area contributed by atoms with Crippen LogP contribution in [0.2, 0.25) is 0 Å². The van der Waals surface area contributed by atoms with Gasteiger partial charge in [-0.05, 0) is 44.4 Å². The molecule has 0 aromatic carbocycles. The van der Waals surface area contributed by atoms with Crippen molar-refractivity contribution in [3.8, 4) is 0 Å². The molecule has 2 N–H and O–H groups in total. The number of β-amino-alcohol motifs (C(OH)–C–C–N with tert-alkyl or cyclic N) is 1. The number of carbonyl (C=O) groups excluding carboxylic acids is 2. The molecule has 0 aromatic rings. The Morgan fingerprint density at radius 3 is 2.46 bits per heavy atom. The van der Waals surface area contributed by atoms with Crippen molar-refractivity contribution in [2.24, 2.45) is 5.92 Å². The molecule has 6 nitrogen and oxygen atoms in total. The van der Waals surface area contributed by atoms with E-state index in [-0.39, 0.29) is 17.9 Å². The van der Waals surface area contributed by atoms with Crippen molar-refractivity contribution in [2.75, 3.05) is 32.7 Å². The van der Waals surface area contributed by atoms with Crippen molar-refractivity contribution in [1.29, 1.82) is 0 Å². The summed E-state index contributed by atoms with van der Waals surface area (Å²) in [4.78, 5) is 27.8. The topological polar surface area (TPSA) is 72.9 Å². The van der Waals surface area contributed by atoms with Crippen LogP contribution in [0, 0.1) is 5.92 Å². The van der Waals surface area contributed by atoms with E-state index < -0.39 is 5.60 Å². The number of hydrogen-bond acceptors (Lipinski definition) is 4. The Hall–Kier alpha value is -1.14. The molecule has 2 fully saturated rings. The van der Waals surface area contributed by atoms with Crippen molar-refractivity contribution < 1.29 is 14.7 Å². The van der Waals surface area contributed by atoms with Gasteiger partial charge >= 0.3 is 0 Å². The molecule has 0 radical (unpaired) electrons. The van der Waals surface area contributed by atoms with Crippen molar-refractivity contribution in [3.63, 3.8) is 0 Å². The molecule has 0 aliphatic carbocycles. The molecule has 0 spiro atoms. The number of aliphatic hydroxyl groups is 1. The van der Waals surface area contributed by atoms with E-state index in [1.165, 1.54) is 0 Å². The minimum Gasteiger partial charge on any atom is -0.388 e. The fourth-order valence-electron chi connectivity index (χ4n) is 4.10. The van der Waals surface area contributed by atoms with E-state index in [9.17, 15) is 14.7 Å². The van der Waals surface area contributed by atoms with E-state index in [0.29, 0.717) is 31.8 Å². The molecule has 0 bridgehead atoms. The number of likely N-dealkylation sites (tertiary alicyclic amines) is 2. The lowest BCUT2D eigenvalue weighted by atomic mass is 9.93. The summed E-state index contributed by atoms with van der Waals surface area (Å²) >= 11 is 0. The van der Waals surface area contributed by atoms with E-state index in [2.05, 4.69) is 24.1 Å². The molecule has 2 amide bonds. The van der Waals surface area contributed by atoms with Gasteiger partial charge in [0.05, 0.1) is 5.60 Å². The van der Waals surface area contributed by atoms with Gasteiger partial charge in [-0.1, -0.05) is 13.8 Å². The average molecular weight is 368 g/mol. The molecule has 0 unspecified atom stereocenters. The van der Waals surface area contributed by atoms with Crippen molar-refractivity contribution in [3.05, 3.63) is 0 Å². The third kappa shape index (κ3) is 6.88. The van der Waals surface area contributed by atoms with Crippen LogP contribution in [-0.4, -0.2) is 71.1 Å². The second-order valence-electron chi connectivity index (χ2n) is 8.64. The van der Waals surface area contributed by atoms with Gasteiger partial charge in [0.2, 0.25) is 11.8 Å². The molecule has 6 heteroatoms. The lowest BCUT2D eigenvalue weighted by molar-refractivity contribution is -0.131. The van der Waals surface area contributed by atoms with Crippen LogP contribution < -0.4 is 5.32 Å². The number of piperidine rings is 1. The summed E-state index contributed by atoms with van der Waals surface area (Å²) in [5, 5.41) is 14.1. The Balaban J connectivity index is 1.78. The van der Waals surface area contributed by atoms with Crippen LogP contribution in [0.15, 0.2) is 0 Å². The number of hydrogen-bond donors (Lipinski definition) is 2. The predicted octanol–water partition coefficient (Wildman–Crippen LogP) is 1.77. The molecule has 2 aliphatic rings. The lowest BCUT2D eigenvalue weighted by Gasteiger charge is -2.38. The van der Waals surface area contributed by atoms with Crippen LogP contribution in [0.3, 0.4) is 0 Å². The SMILES string of the molecule is CC(=O)NC1CCN(C[C@@]2(O)CCCN(C(=O)CCC(C)C)CC2)CC1. The number of amides is 2. The summed E-state index contributed by atoms with van der Waals surface area (Å²) in [6.07, 6.45) is 5.71. The Kier molecular flexibility index (Phi) is 7.89. The van der Waals surface area contributed by atoms with Crippen LogP contribution in [-0.2, 0) is 9.59 Å². The largest absolute Gasteiger partial charge is 0.388 e. The summed E-state index contributed by atoms with van der Waals surface area (Å²) in [7, 11) is 0. The summed E-state index contributed by atoms with van der Waals surface area (Å²) < 4.78 is 0. The van der Waals surface area contributed by atoms with Crippen molar-refractivity contribution in [1.82, 2.24) is 15.1 Å². The molecular weight excluding hydrogens is 330 g/mol. The Labute approximate surface area is 158 Å². The first-order valence-electron chi connectivity index (χ1n) is 10.3. The van der Waals surface area contributed by atoms with Crippen molar-refractivity contribution >= 4 is 11.8 Å². The van der Waals surface area contributed by atoms with Crippen molar-refractivity contribution in [2.45, 2.75) is 77.4 Å². The highest BCUT2D eigenvalue weighted by Gasteiger charge is 2.34. The molecule has 2 rings (SSSR count). The highest BCUT2D eigenvalue weighted by molar-refractivity contribution is 5.76. The molecule has 2 aliphatic heterocycles. The van der Waals surface area contributed by atoms with Crippen LogP contribution in [0.4, 0.5) is 0 Å². The zero-order valence-electron chi connectivity index (χ0n) is 16.8. The molecule has 2 heterocycles. The molecular formula is C20H37N3O3. The predicted molar refractivity (Wildman–Crippen MR) is 103 cm³/mol. The van der Waals surface area contributed by atoms with E-state index in [0.717, 1.165) is 51.7 Å². The van der Waals surface area contributed by atoms with E-state index in [4.69, 9.17) is 0 Å². The third-order valence-electron chi connectivity index (χ3n) is 5.72. The molecule has 0 aromatic heterocycles. The maximum Gasteiger partial charge on any atom is 0.222 e.